The molecule has 2 heterocycles. The average Bonchev–Trinajstić information content (AvgIpc) is 3.14. The summed E-state index contributed by atoms with van der Waals surface area (Å²) in [5.41, 5.74) is 0.971. The molecule has 0 bridgehead atoms. The van der Waals surface area contributed by atoms with E-state index < -0.39 is 17.5 Å². The summed E-state index contributed by atoms with van der Waals surface area (Å²) in [4.78, 5) is 34.9. The molecular formula is C20H22ClF2N7O2S. The zero-order valence-corrected chi connectivity index (χ0v) is 19.6. The molecule has 3 aromatic rings. The van der Waals surface area contributed by atoms with Gasteiger partial charge in [-0.15, -0.1) is 12.4 Å². The first-order chi connectivity index (χ1) is 15.3. The van der Waals surface area contributed by atoms with Crippen molar-refractivity contribution in [2.75, 3.05) is 37.8 Å². The third-order valence-corrected chi connectivity index (χ3v) is 5.28. The molecule has 2 amide bonds. The van der Waals surface area contributed by atoms with Crippen LogP contribution in [0.2, 0.25) is 0 Å². The van der Waals surface area contributed by atoms with Crippen molar-refractivity contribution in [3.63, 3.8) is 0 Å². The molecule has 0 saturated carbocycles. The van der Waals surface area contributed by atoms with Gasteiger partial charge in [0, 0.05) is 31.9 Å². The highest BCUT2D eigenvalue weighted by Crippen LogP contribution is 2.28. The van der Waals surface area contributed by atoms with Crippen molar-refractivity contribution in [3.05, 3.63) is 59.2 Å². The molecule has 0 aliphatic heterocycles. The van der Waals surface area contributed by atoms with E-state index in [9.17, 15) is 18.4 Å². The quantitative estimate of drug-likeness (QED) is 0.438. The topological polar surface area (TPSA) is 112 Å². The standard InChI is InChI=1S/C20H21F2N7O2S.ClH/c1-11-17(18(30)26-12-4-5-13(21)14(22)8-12)19(32-28-11)27-16-10-24-15(9-25-16)20(31)29(3)7-6-23-2;/h4-5,8-10,23H,6-7H2,1-3H3,(H,25,27)(H,26,30);1H. The van der Waals surface area contributed by atoms with Crippen molar-refractivity contribution in [3.8, 4) is 0 Å². The maximum absolute atomic E-state index is 13.4. The van der Waals surface area contributed by atoms with Gasteiger partial charge in [-0.05, 0) is 37.6 Å². The Kier molecular flexibility index (Phi) is 9.14. The number of carbonyl (C=O) groups excluding carboxylic acids is 2. The van der Waals surface area contributed by atoms with Crippen LogP contribution < -0.4 is 16.0 Å². The van der Waals surface area contributed by atoms with E-state index in [1.54, 1.807) is 21.0 Å². The van der Waals surface area contributed by atoms with Crippen LogP contribution in [0.5, 0.6) is 0 Å². The van der Waals surface area contributed by atoms with Crippen LogP contribution in [0.25, 0.3) is 0 Å². The number of benzene rings is 1. The fraction of sp³-hybridized carbons (Fsp3) is 0.250. The lowest BCUT2D eigenvalue weighted by Crippen LogP contribution is -2.33. The summed E-state index contributed by atoms with van der Waals surface area (Å²) >= 11 is 1.03. The molecule has 0 spiro atoms. The van der Waals surface area contributed by atoms with E-state index in [1.807, 2.05) is 0 Å². The van der Waals surface area contributed by atoms with Gasteiger partial charge in [0.25, 0.3) is 11.8 Å². The highest BCUT2D eigenvalue weighted by molar-refractivity contribution is 7.10. The van der Waals surface area contributed by atoms with Crippen LogP contribution in [0, 0.1) is 18.6 Å². The lowest BCUT2D eigenvalue weighted by molar-refractivity contribution is 0.0790. The molecule has 3 N–H and O–H groups in total. The Balaban J connectivity index is 0.00000385. The first-order valence-electron chi connectivity index (χ1n) is 9.52. The summed E-state index contributed by atoms with van der Waals surface area (Å²) in [6.45, 7) is 2.82. The van der Waals surface area contributed by atoms with Crippen LogP contribution >= 0.6 is 23.9 Å². The number of anilines is 3. The third-order valence-electron chi connectivity index (χ3n) is 4.42. The summed E-state index contributed by atoms with van der Waals surface area (Å²) < 4.78 is 30.7. The normalized spacial score (nSPS) is 10.3. The van der Waals surface area contributed by atoms with Gasteiger partial charge in [0.15, 0.2) is 11.6 Å². The zero-order valence-electron chi connectivity index (χ0n) is 18.0. The number of hydrogen-bond donors (Lipinski definition) is 3. The molecule has 33 heavy (non-hydrogen) atoms. The number of halogens is 3. The van der Waals surface area contributed by atoms with Crippen molar-refractivity contribution in [2.24, 2.45) is 0 Å². The maximum Gasteiger partial charge on any atom is 0.273 e. The van der Waals surface area contributed by atoms with Crippen LogP contribution in [0.15, 0.2) is 30.6 Å². The number of aryl methyl sites for hydroxylation is 1. The molecule has 0 atom stereocenters. The van der Waals surface area contributed by atoms with E-state index in [4.69, 9.17) is 0 Å². The fourth-order valence-electron chi connectivity index (χ4n) is 2.69. The average molecular weight is 498 g/mol. The minimum Gasteiger partial charge on any atom is -0.339 e. The highest BCUT2D eigenvalue weighted by Gasteiger charge is 2.20. The maximum atomic E-state index is 13.4. The number of hydrogen-bond acceptors (Lipinski definition) is 8. The molecule has 0 radical (unpaired) electrons. The van der Waals surface area contributed by atoms with Gasteiger partial charge in [-0.1, -0.05) is 0 Å². The Hall–Kier alpha value is -3.22. The van der Waals surface area contributed by atoms with E-state index in [2.05, 4.69) is 30.3 Å². The van der Waals surface area contributed by atoms with Gasteiger partial charge in [0.2, 0.25) is 0 Å². The molecule has 2 aromatic heterocycles. The second-order valence-electron chi connectivity index (χ2n) is 6.80. The summed E-state index contributed by atoms with van der Waals surface area (Å²) in [5.74, 6) is -2.57. The first kappa shape index (κ1) is 26.0. The van der Waals surface area contributed by atoms with E-state index in [-0.39, 0.29) is 35.3 Å². The van der Waals surface area contributed by atoms with Crippen molar-refractivity contribution in [2.45, 2.75) is 6.92 Å². The summed E-state index contributed by atoms with van der Waals surface area (Å²) in [6.07, 6.45) is 2.72. The van der Waals surface area contributed by atoms with Crippen LogP contribution in [-0.2, 0) is 0 Å². The molecule has 0 aliphatic carbocycles. The molecule has 0 saturated heterocycles. The molecule has 13 heteroatoms. The molecule has 0 aliphatic rings. The van der Waals surface area contributed by atoms with Gasteiger partial charge >= 0.3 is 0 Å². The van der Waals surface area contributed by atoms with E-state index >= 15 is 0 Å². The number of carbonyl (C=O) groups is 2. The van der Waals surface area contributed by atoms with E-state index in [1.165, 1.54) is 23.4 Å². The molecule has 9 nitrogen and oxygen atoms in total. The van der Waals surface area contributed by atoms with Crippen LogP contribution in [0.1, 0.15) is 26.5 Å². The van der Waals surface area contributed by atoms with Crippen molar-refractivity contribution >= 4 is 52.3 Å². The van der Waals surface area contributed by atoms with E-state index in [0.29, 0.717) is 29.6 Å². The Morgan fingerprint density at radius 2 is 1.91 bits per heavy atom. The van der Waals surface area contributed by atoms with Crippen LogP contribution in [-0.4, -0.2) is 58.2 Å². The summed E-state index contributed by atoms with van der Waals surface area (Å²) in [7, 11) is 3.47. The molecule has 3 rings (SSSR count). The highest BCUT2D eigenvalue weighted by atomic mass is 35.5. The smallest absolute Gasteiger partial charge is 0.273 e. The first-order valence-corrected chi connectivity index (χ1v) is 10.3. The van der Waals surface area contributed by atoms with Gasteiger partial charge in [-0.2, -0.15) is 4.37 Å². The Labute approximate surface area is 199 Å². The fourth-order valence-corrected chi connectivity index (χ4v) is 3.49. The number of amides is 2. The van der Waals surface area contributed by atoms with Crippen LogP contribution in [0.4, 0.5) is 25.3 Å². The van der Waals surface area contributed by atoms with Crippen LogP contribution in [0.3, 0.4) is 0 Å². The van der Waals surface area contributed by atoms with Gasteiger partial charge < -0.3 is 20.9 Å². The Bertz CT molecular complexity index is 1130. The molecule has 176 valence electrons. The van der Waals surface area contributed by atoms with Gasteiger partial charge in [0.1, 0.15) is 16.5 Å². The third kappa shape index (κ3) is 6.40. The minimum atomic E-state index is -1.07. The Morgan fingerprint density at radius 3 is 2.55 bits per heavy atom. The lowest BCUT2D eigenvalue weighted by atomic mass is 10.2. The molecule has 0 unspecified atom stereocenters. The molecule has 1 aromatic carbocycles. The Morgan fingerprint density at radius 1 is 1.15 bits per heavy atom. The zero-order chi connectivity index (χ0) is 23.3. The minimum absolute atomic E-state index is 0. The van der Waals surface area contributed by atoms with Crippen molar-refractivity contribution in [1.82, 2.24) is 24.6 Å². The SMILES string of the molecule is CNCCN(C)C(=O)c1cnc(Nc2snc(C)c2C(=O)Nc2ccc(F)c(F)c2)cn1.Cl. The predicted octanol–water partition coefficient (Wildman–Crippen LogP) is 3.23. The summed E-state index contributed by atoms with van der Waals surface area (Å²) in [5, 5.41) is 8.84. The molecular weight excluding hydrogens is 476 g/mol. The number of nitrogens with one attached hydrogen (secondary N) is 3. The largest absolute Gasteiger partial charge is 0.339 e. The van der Waals surface area contributed by atoms with Gasteiger partial charge in [-0.3, -0.25) is 9.59 Å². The molecule has 0 fully saturated rings. The monoisotopic (exact) mass is 497 g/mol. The van der Waals surface area contributed by atoms with Crippen molar-refractivity contribution < 1.29 is 18.4 Å². The van der Waals surface area contributed by atoms with E-state index in [0.717, 1.165) is 23.7 Å². The number of nitrogens with zero attached hydrogens (tertiary/aromatic N) is 4. The van der Waals surface area contributed by atoms with Gasteiger partial charge in [0.05, 0.1) is 23.7 Å². The number of likely N-dealkylation sites (N-methyl/N-ethyl adjacent to an activating group) is 2. The number of aromatic nitrogens is 3. The second-order valence-corrected chi connectivity index (χ2v) is 7.57. The lowest BCUT2D eigenvalue weighted by Gasteiger charge is -2.16. The van der Waals surface area contributed by atoms with Gasteiger partial charge in [-0.25, -0.2) is 18.7 Å². The van der Waals surface area contributed by atoms with Crippen molar-refractivity contribution in [1.29, 1.82) is 0 Å². The number of rotatable bonds is 8. The predicted molar refractivity (Wildman–Crippen MR) is 125 cm³/mol. The summed E-state index contributed by atoms with van der Waals surface area (Å²) in [6, 6.07) is 3.08. The second kappa shape index (κ2) is 11.6.